The van der Waals surface area contributed by atoms with E-state index in [4.69, 9.17) is 33.2 Å². The van der Waals surface area contributed by atoms with Gasteiger partial charge in [0.25, 0.3) is 0 Å². The quantitative estimate of drug-likeness (QED) is 0.698. The van der Waals surface area contributed by atoms with E-state index in [1.165, 1.54) is 0 Å². The van der Waals surface area contributed by atoms with E-state index in [1.807, 2.05) is 31.2 Å². The van der Waals surface area contributed by atoms with Crippen LogP contribution in [-0.4, -0.2) is 17.3 Å². The molecule has 5 nitrogen and oxygen atoms in total. The van der Waals surface area contributed by atoms with Crippen LogP contribution in [0.2, 0.25) is 10.2 Å². The number of benzene rings is 2. The summed E-state index contributed by atoms with van der Waals surface area (Å²) >= 11 is 12.3. The van der Waals surface area contributed by atoms with E-state index < -0.39 is 0 Å². The maximum atomic E-state index is 9.05. The lowest BCUT2D eigenvalue weighted by molar-refractivity contribution is 0.415. The van der Waals surface area contributed by atoms with Gasteiger partial charge >= 0.3 is 0 Å². The smallest absolute Gasteiger partial charge is 0.159 e. The van der Waals surface area contributed by atoms with Gasteiger partial charge in [0.1, 0.15) is 5.75 Å². The lowest BCUT2D eigenvalue weighted by atomic mass is 10.1. The topological polar surface area (TPSA) is 70.8 Å². The van der Waals surface area contributed by atoms with Crippen molar-refractivity contribution < 1.29 is 4.74 Å². The van der Waals surface area contributed by atoms with Crippen molar-refractivity contribution in [2.24, 2.45) is 0 Å². The van der Waals surface area contributed by atoms with E-state index in [1.54, 1.807) is 19.2 Å². The standard InChI is InChI=1S/C18H14Cl2N4O/c1-10(12-4-6-16(25-2)15(19)8-12)22-18-13-5-3-11(9-21)7-14(13)17(20)23-24-18/h3-8,10H,1-2H3,(H,22,24). The molecule has 1 N–H and O–H groups in total. The summed E-state index contributed by atoms with van der Waals surface area (Å²) in [4.78, 5) is 0. The Kier molecular flexibility index (Phi) is 4.93. The Hall–Kier alpha value is -2.55. The van der Waals surface area contributed by atoms with Gasteiger partial charge in [0.05, 0.1) is 29.8 Å². The normalized spacial score (nSPS) is 11.8. The number of nitriles is 1. The van der Waals surface area contributed by atoms with E-state index >= 15 is 0 Å². The summed E-state index contributed by atoms with van der Waals surface area (Å²) in [5.74, 6) is 1.21. The van der Waals surface area contributed by atoms with Crippen LogP contribution in [0.5, 0.6) is 5.75 Å². The third kappa shape index (κ3) is 3.46. The number of nitrogens with one attached hydrogen (secondary N) is 1. The van der Waals surface area contributed by atoms with Crippen LogP contribution >= 0.6 is 23.2 Å². The van der Waals surface area contributed by atoms with Crippen LogP contribution in [0.25, 0.3) is 10.8 Å². The van der Waals surface area contributed by atoms with Crippen LogP contribution in [0.15, 0.2) is 36.4 Å². The van der Waals surface area contributed by atoms with Gasteiger partial charge in [-0.05, 0) is 42.8 Å². The molecular formula is C18H14Cl2N4O. The molecule has 0 fully saturated rings. The predicted octanol–water partition coefficient (Wildman–Crippen LogP) is 4.99. The summed E-state index contributed by atoms with van der Waals surface area (Å²) in [6, 6.07) is 12.9. The van der Waals surface area contributed by atoms with Gasteiger partial charge in [-0.2, -0.15) is 5.26 Å². The van der Waals surface area contributed by atoms with Crippen molar-refractivity contribution in [3.8, 4) is 11.8 Å². The molecule has 1 aromatic heterocycles. The number of fused-ring (bicyclic) bond motifs is 1. The zero-order valence-corrected chi connectivity index (χ0v) is 15.1. The minimum absolute atomic E-state index is 0.0716. The SMILES string of the molecule is COc1ccc(C(C)Nc2nnc(Cl)c3cc(C#N)ccc23)cc1Cl. The summed E-state index contributed by atoms with van der Waals surface area (Å²) in [5, 5.41) is 22.8. The average molecular weight is 373 g/mol. The highest BCUT2D eigenvalue weighted by molar-refractivity contribution is 6.34. The lowest BCUT2D eigenvalue weighted by Gasteiger charge is -2.17. The van der Waals surface area contributed by atoms with Gasteiger partial charge in [-0.15, -0.1) is 10.2 Å². The highest BCUT2D eigenvalue weighted by atomic mass is 35.5. The molecule has 0 aliphatic carbocycles. The fourth-order valence-corrected chi connectivity index (χ4v) is 3.00. The number of nitrogens with zero attached hydrogens (tertiary/aromatic N) is 3. The molecule has 1 unspecified atom stereocenters. The molecule has 2 aromatic carbocycles. The van der Waals surface area contributed by atoms with Gasteiger partial charge < -0.3 is 10.1 Å². The zero-order chi connectivity index (χ0) is 18.0. The zero-order valence-electron chi connectivity index (χ0n) is 13.5. The van der Waals surface area contributed by atoms with Crippen LogP contribution < -0.4 is 10.1 Å². The number of halogens is 2. The van der Waals surface area contributed by atoms with Gasteiger partial charge in [-0.1, -0.05) is 29.3 Å². The molecule has 7 heteroatoms. The Morgan fingerprint density at radius 3 is 2.60 bits per heavy atom. The monoisotopic (exact) mass is 372 g/mol. The molecule has 3 rings (SSSR count). The Balaban J connectivity index is 1.96. The van der Waals surface area contributed by atoms with E-state index in [0.29, 0.717) is 27.5 Å². The highest BCUT2D eigenvalue weighted by Crippen LogP contribution is 2.31. The van der Waals surface area contributed by atoms with Gasteiger partial charge in [-0.3, -0.25) is 0 Å². The van der Waals surface area contributed by atoms with Crippen molar-refractivity contribution in [2.45, 2.75) is 13.0 Å². The minimum atomic E-state index is -0.0716. The number of rotatable bonds is 4. The molecule has 0 aliphatic rings. The molecule has 0 saturated carbocycles. The number of hydrogen-bond acceptors (Lipinski definition) is 5. The van der Waals surface area contributed by atoms with Crippen molar-refractivity contribution in [3.05, 3.63) is 57.7 Å². The molecule has 3 aromatic rings. The summed E-state index contributed by atoms with van der Waals surface area (Å²) < 4.78 is 5.17. The first kappa shape index (κ1) is 17.3. The number of anilines is 1. The molecule has 126 valence electrons. The van der Waals surface area contributed by atoms with E-state index in [0.717, 1.165) is 10.9 Å². The number of methoxy groups -OCH3 is 1. The first-order valence-electron chi connectivity index (χ1n) is 7.49. The predicted molar refractivity (Wildman–Crippen MR) is 99.3 cm³/mol. The van der Waals surface area contributed by atoms with E-state index in [2.05, 4.69) is 21.6 Å². The Bertz CT molecular complexity index is 985. The van der Waals surface area contributed by atoms with Crippen molar-refractivity contribution in [1.82, 2.24) is 10.2 Å². The summed E-state index contributed by atoms with van der Waals surface area (Å²) in [6.07, 6.45) is 0. The Labute approximate surface area is 155 Å². The third-order valence-corrected chi connectivity index (χ3v) is 4.47. The summed E-state index contributed by atoms with van der Waals surface area (Å²) in [5.41, 5.74) is 1.49. The second kappa shape index (κ2) is 7.14. The number of ether oxygens (including phenoxy) is 1. The fraction of sp³-hybridized carbons (Fsp3) is 0.167. The number of aromatic nitrogens is 2. The molecular weight excluding hydrogens is 359 g/mol. The van der Waals surface area contributed by atoms with Gasteiger partial charge in [0, 0.05) is 10.8 Å². The first-order valence-corrected chi connectivity index (χ1v) is 8.25. The van der Waals surface area contributed by atoms with Crippen LogP contribution in [0.4, 0.5) is 5.82 Å². The van der Waals surface area contributed by atoms with Gasteiger partial charge in [-0.25, -0.2) is 0 Å². The van der Waals surface area contributed by atoms with Gasteiger partial charge in [0.15, 0.2) is 11.0 Å². The van der Waals surface area contributed by atoms with Gasteiger partial charge in [0.2, 0.25) is 0 Å². The van der Waals surface area contributed by atoms with E-state index in [-0.39, 0.29) is 11.2 Å². The number of hydrogen-bond donors (Lipinski definition) is 1. The molecule has 0 saturated heterocycles. The molecule has 0 bridgehead atoms. The fourth-order valence-electron chi connectivity index (χ4n) is 2.54. The summed E-state index contributed by atoms with van der Waals surface area (Å²) in [6.45, 7) is 1.99. The maximum Gasteiger partial charge on any atom is 0.159 e. The van der Waals surface area contributed by atoms with Crippen molar-refractivity contribution in [3.63, 3.8) is 0 Å². The molecule has 0 radical (unpaired) electrons. The second-order valence-electron chi connectivity index (χ2n) is 5.47. The third-order valence-electron chi connectivity index (χ3n) is 3.89. The van der Waals surface area contributed by atoms with Crippen LogP contribution in [0.1, 0.15) is 24.1 Å². The van der Waals surface area contributed by atoms with Crippen molar-refractivity contribution >= 4 is 39.8 Å². The molecule has 1 heterocycles. The first-order chi connectivity index (χ1) is 12.0. The van der Waals surface area contributed by atoms with Crippen LogP contribution in [0, 0.1) is 11.3 Å². The maximum absolute atomic E-state index is 9.05. The summed E-state index contributed by atoms with van der Waals surface area (Å²) in [7, 11) is 1.58. The Morgan fingerprint density at radius 1 is 1.12 bits per heavy atom. The molecule has 0 amide bonds. The lowest BCUT2D eigenvalue weighted by Crippen LogP contribution is -2.09. The van der Waals surface area contributed by atoms with E-state index in [9.17, 15) is 0 Å². The van der Waals surface area contributed by atoms with Crippen LogP contribution in [-0.2, 0) is 0 Å². The molecule has 0 spiro atoms. The van der Waals surface area contributed by atoms with Crippen molar-refractivity contribution in [1.29, 1.82) is 5.26 Å². The molecule has 1 atom stereocenters. The minimum Gasteiger partial charge on any atom is -0.495 e. The molecule has 25 heavy (non-hydrogen) atoms. The second-order valence-corrected chi connectivity index (χ2v) is 6.24. The molecule has 0 aliphatic heterocycles. The van der Waals surface area contributed by atoms with Crippen molar-refractivity contribution in [2.75, 3.05) is 12.4 Å². The largest absolute Gasteiger partial charge is 0.495 e. The van der Waals surface area contributed by atoms with Crippen LogP contribution in [0.3, 0.4) is 0 Å². The Morgan fingerprint density at radius 2 is 1.92 bits per heavy atom. The average Bonchev–Trinajstić information content (AvgIpc) is 2.63. The highest BCUT2D eigenvalue weighted by Gasteiger charge is 2.13.